The van der Waals surface area contributed by atoms with E-state index >= 15 is 0 Å². The highest BCUT2D eigenvalue weighted by molar-refractivity contribution is 6.09. The molecule has 8 heteroatoms. The summed E-state index contributed by atoms with van der Waals surface area (Å²) in [6.45, 7) is 0. The molecule has 0 N–H and O–H groups in total. The Morgan fingerprint density at radius 1 is 0.411 bits per heavy atom. The average Bonchev–Trinajstić information content (AvgIpc) is 4.01. The molecule has 0 atom stereocenters. The van der Waals surface area contributed by atoms with E-state index in [0.29, 0.717) is 23.2 Å². The molecule has 0 unspecified atom stereocenters. The highest BCUT2D eigenvalue weighted by Gasteiger charge is 2.23. The highest BCUT2D eigenvalue weighted by atomic mass is 16.3. The van der Waals surface area contributed by atoms with Crippen LogP contribution in [0.4, 0.5) is 0 Å². The number of benzene rings is 7. The largest absolute Gasteiger partial charge is 0.455 e. The van der Waals surface area contributed by atoms with Crippen LogP contribution in [-0.2, 0) is 0 Å². The lowest BCUT2D eigenvalue weighted by molar-refractivity contribution is 0.656. The monoisotopic (exact) mass is 720 g/mol. The first kappa shape index (κ1) is 30.6. The quantitative estimate of drug-likeness (QED) is 0.176. The molecule has 0 saturated carbocycles. The topological polar surface area (TPSA) is 87.2 Å². The minimum absolute atomic E-state index is 0.573. The first-order valence-corrected chi connectivity index (χ1v) is 18.5. The van der Waals surface area contributed by atoms with Crippen molar-refractivity contribution in [3.8, 4) is 51.0 Å². The molecule has 56 heavy (non-hydrogen) atoms. The molecule has 0 aliphatic rings. The van der Waals surface area contributed by atoms with Crippen LogP contribution in [0.15, 0.2) is 179 Å². The van der Waals surface area contributed by atoms with Crippen LogP contribution in [0.1, 0.15) is 0 Å². The molecule has 0 saturated heterocycles. The summed E-state index contributed by atoms with van der Waals surface area (Å²) >= 11 is 0. The maximum atomic E-state index is 6.35. The lowest BCUT2D eigenvalue weighted by Crippen LogP contribution is -2.00. The lowest BCUT2D eigenvalue weighted by atomic mass is 10.0. The van der Waals surface area contributed by atoms with E-state index in [9.17, 15) is 0 Å². The predicted molar refractivity (Wildman–Crippen MR) is 222 cm³/mol. The van der Waals surface area contributed by atoms with Gasteiger partial charge in [0.15, 0.2) is 17.5 Å². The van der Waals surface area contributed by atoms with Crippen LogP contribution in [0.2, 0.25) is 0 Å². The number of hydrogen-bond acceptors (Lipinski definition) is 6. The van der Waals surface area contributed by atoms with Gasteiger partial charge in [-0.1, -0.05) is 121 Å². The first-order valence-electron chi connectivity index (χ1n) is 18.5. The van der Waals surface area contributed by atoms with Gasteiger partial charge in [0.05, 0.1) is 11.0 Å². The average molecular weight is 721 g/mol. The van der Waals surface area contributed by atoms with Crippen molar-refractivity contribution in [3.05, 3.63) is 170 Å². The van der Waals surface area contributed by atoms with Gasteiger partial charge in [0.2, 0.25) is 11.5 Å². The Labute approximate surface area is 318 Å². The number of rotatable bonds is 5. The third kappa shape index (κ3) is 4.59. The van der Waals surface area contributed by atoms with Crippen LogP contribution in [0.25, 0.3) is 112 Å². The molecule has 0 aliphatic heterocycles. The number of para-hydroxylation sites is 4. The van der Waals surface area contributed by atoms with Crippen molar-refractivity contribution in [1.29, 1.82) is 0 Å². The smallest absolute Gasteiger partial charge is 0.248 e. The Balaban J connectivity index is 1.03. The van der Waals surface area contributed by atoms with Crippen molar-refractivity contribution < 1.29 is 8.83 Å². The van der Waals surface area contributed by atoms with Crippen LogP contribution in [0, 0.1) is 0 Å². The first-order chi connectivity index (χ1) is 27.7. The summed E-state index contributed by atoms with van der Waals surface area (Å²) in [7, 11) is 0. The molecule has 0 radical (unpaired) electrons. The zero-order chi connectivity index (χ0) is 36.7. The Hall–Kier alpha value is -7.84. The number of fused-ring (bicyclic) bond motifs is 10. The Morgan fingerprint density at radius 3 is 1.77 bits per heavy atom. The Kier molecular flexibility index (Phi) is 6.47. The van der Waals surface area contributed by atoms with Gasteiger partial charge in [-0.15, -0.1) is 0 Å². The second-order valence-corrected chi connectivity index (χ2v) is 13.9. The summed E-state index contributed by atoms with van der Waals surface area (Å²) in [5.74, 6) is 2.52. The molecule has 0 amide bonds. The molecule has 0 bridgehead atoms. The molecule has 0 spiro atoms. The van der Waals surface area contributed by atoms with Crippen molar-refractivity contribution in [3.63, 3.8) is 0 Å². The van der Waals surface area contributed by atoms with E-state index in [2.05, 4.69) is 93.9 Å². The van der Waals surface area contributed by atoms with Crippen molar-refractivity contribution in [2.24, 2.45) is 0 Å². The van der Waals surface area contributed by atoms with Gasteiger partial charge in [0, 0.05) is 44.1 Å². The Bertz CT molecular complexity index is 3470. The summed E-state index contributed by atoms with van der Waals surface area (Å²) in [6, 6.07) is 57.6. The molecular weight excluding hydrogens is 693 g/mol. The number of furan rings is 2. The third-order valence-electron chi connectivity index (χ3n) is 10.6. The van der Waals surface area contributed by atoms with Crippen molar-refractivity contribution in [2.45, 2.75) is 0 Å². The molecule has 12 rings (SSSR count). The molecule has 0 fully saturated rings. The molecule has 7 aromatic carbocycles. The van der Waals surface area contributed by atoms with Crippen LogP contribution in [-0.4, -0.2) is 28.9 Å². The molecule has 5 heterocycles. The van der Waals surface area contributed by atoms with E-state index in [0.717, 1.165) is 88.7 Å². The summed E-state index contributed by atoms with van der Waals surface area (Å²) in [6.07, 6.45) is 0. The molecule has 262 valence electrons. The molecule has 12 aromatic rings. The summed E-state index contributed by atoms with van der Waals surface area (Å²) in [5.41, 5.74) is 11.8. The lowest BCUT2D eigenvalue weighted by Gasteiger charge is -2.10. The second kappa shape index (κ2) is 11.8. The standard InChI is InChI=1S/C48H28N6O2/c1-3-12-30(13-4-1)44-49-45(31-24-22-29(23-25-31)34-18-11-19-36-35-16-7-9-20-40(35)55-43(34)36)51-46(50-44)32-26-27-38-39(28-32)53(33-14-5-2-6-15-33)48-52-47-42(54(38)48)37-17-8-10-21-41(37)56-47/h1-28H. The van der Waals surface area contributed by atoms with E-state index < -0.39 is 0 Å². The minimum Gasteiger partial charge on any atom is -0.455 e. The van der Waals surface area contributed by atoms with Gasteiger partial charge < -0.3 is 8.83 Å². The number of hydrogen-bond donors (Lipinski definition) is 0. The maximum absolute atomic E-state index is 6.35. The van der Waals surface area contributed by atoms with Gasteiger partial charge in [-0.3, -0.25) is 8.97 Å². The summed E-state index contributed by atoms with van der Waals surface area (Å²) in [4.78, 5) is 20.3. The van der Waals surface area contributed by atoms with Gasteiger partial charge in [-0.2, -0.15) is 4.98 Å². The van der Waals surface area contributed by atoms with Crippen LogP contribution in [0.3, 0.4) is 0 Å². The van der Waals surface area contributed by atoms with Crippen molar-refractivity contribution in [1.82, 2.24) is 28.9 Å². The van der Waals surface area contributed by atoms with Gasteiger partial charge in [-0.25, -0.2) is 15.0 Å². The normalized spacial score (nSPS) is 11.9. The van der Waals surface area contributed by atoms with Crippen molar-refractivity contribution >= 4 is 60.9 Å². The fourth-order valence-corrected chi connectivity index (χ4v) is 8.02. The highest BCUT2D eigenvalue weighted by Crippen LogP contribution is 2.38. The SMILES string of the molecule is c1ccc(-c2nc(-c3ccc(-c4cccc5c4oc4ccccc45)cc3)nc(-c3ccc4c(c3)n(-c3ccccc3)c3nc5oc6ccccc6c5n43)n2)cc1. The van der Waals surface area contributed by atoms with Gasteiger partial charge in [-0.05, 0) is 54.1 Å². The maximum Gasteiger partial charge on any atom is 0.248 e. The summed E-state index contributed by atoms with van der Waals surface area (Å²) in [5, 5.41) is 3.22. The van der Waals surface area contributed by atoms with E-state index in [1.54, 1.807) is 0 Å². The predicted octanol–water partition coefficient (Wildman–Crippen LogP) is 11.9. The fourth-order valence-electron chi connectivity index (χ4n) is 8.02. The van der Waals surface area contributed by atoms with Gasteiger partial charge >= 0.3 is 0 Å². The zero-order valence-electron chi connectivity index (χ0n) is 29.7. The van der Waals surface area contributed by atoms with Crippen molar-refractivity contribution in [2.75, 3.05) is 0 Å². The van der Waals surface area contributed by atoms with Gasteiger partial charge in [0.1, 0.15) is 22.3 Å². The van der Waals surface area contributed by atoms with Gasteiger partial charge in [0.25, 0.3) is 0 Å². The molecule has 0 aliphatic carbocycles. The van der Waals surface area contributed by atoms with E-state index in [-0.39, 0.29) is 0 Å². The second-order valence-electron chi connectivity index (χ2n) is 13.9. The third-order valence-corrected chi connectivity index (χ3v) is 10.6. The molecular formula is C48H28N6O2. The zero-order valence-corrected chi connectivity index (χ0v) is 29.7. The minimum atomic E-state index is 0.573. The molecule has 5 aromatic heterocycles. The van der Waals surface area contributed by atoms with E-state index in [4.69, 9.17) is 28.8 Å². The van der Waals surface area contributed by atoms with Crippen LogP contribution < -0.4 is 0 Å². The number of nitrogens with zero attached hydrogens (tertiary/aromatic N) is 6. The van der Waals surface area contributed by atoms with Crippen LogP contribution >= 0.6 is 0 Å². The van der Waals surface area contributed by atoms with E-state index in [1.165, 1.54) is 0 Å². The van der Waals surface area contributed by atoms with E-state index in [1.807, 2.05) is 84.9 Å². The number of imidazole rings is 2. The number of aromatic nitrogens is 6. The Morgan fingerprint density at radius 2 is 1.00 bits per heavy atom. The fraction of sp³-hybridized carbons (Fsp3) is 0. The van der Waals surface area contributed by atoms with Crippen LogP contribution in [0.5, 0.6) is 0 Å². The summed E-state index contributed by atoms with van der Waals surface area (Å²) < 4.78 is 16.9. The molecule has 8 nitrogen and oxygen atoms in total.